The molecule has 1 unspecified atom stereocenters. The van der Waals surface area contributed by atoms with Gasteiger partial charge in [-0.1, -0.05) is 57.6 Å². The summed E-state index contributed by atoms with van der Waals surface area (Å²) in [6.07, 6.45) is 9.51. The number of rotatable bonds is 10. The topological polar surface area (TPSA) is 81.5 Å². The molecule has 1 aliphatic carbocycles. The Kier molecular flexibility index (Phi) is 8.38. The van der Waals surface area contributed by atoms with Crippen LogP contribution in [0.25, 0.3) is 0 Å². The molecule has 2 rings (SSSR count). The number of nitrogens with one attached hydrogen (secondary N) is 1. The number of amides is 1. The first-order valence-corrected chi connectivity index (χ1v) is 9.82. The molecule has 1 aromatic carbocycles. The van der Waals surface area contributed by atoms with Crippen LogP contribution in [0, 0.1) is 10.1 Å². The van der Waals surface area contributed by atoms with E-state index >= 15 is 0 Å². The van der Waals surface area contributed by atoms with Gasteiger partial charge in [-0.3, -0.25) is 14.9 Å². The van der Waals surface area contributed by atoms with Gasteiger partial charge in [0, 0.05) is 12.1 Å². The van der Waals surface area contributed by atoms with Crippen molar-refractivity contribution in [3.63, 3.8) is 0 Å². The van der Waals surface area contributed by atoms with Crippen molar-refractivity contribution in [3.8, 4) is 5.75 Å². The van der Waals surface area contributed by atoms with Gasteiger partial charge >= 0.3 is 5.69 Å². The number of nitro benzene ring substituents is 1. The van der Waals surface area contributed by atoms with E-state index in [0.717, 1.165) is 51.4 Å². The van der Waals surface area contributed by atoms with E-state index in [1.165, 1.54) is 12.5 Å². The van der Waals surface area contributed by atoms with Crippen LogP contribution in [0.2, 0.25) is 0 Å². The van der Waals surface area contributed by atoms with Crippen molar-refractivity contribution < 1.29 is 14.5 Å². The van der Waals surface area contributed by atoms with Crippen molar-refractivity contribution in [1.29, 1.82) is 0 Å². The summed E-state index contributed by atoms with van der Waals surface area (Å²) in [6.45, 7) is 2.14. The first-order valence-electron chi connectivity index (χ1n) is 9.82. The fourth-order valence-corrected chi connectivity index (χ4v) is 3.40. The largest absolute Gasteiger partial charge is 0.473 e. The highest BCUT2D eigenvalue weighted by Crippen LogP contribution is 2.28. The molecule has 6 heteroatoms. The molecule has 26 heavy (non-hydrogen) atoms. The van der Waals surface area contributed by atoms with Crippen LogP contribution in [0.3, 0.4) is 0 Å². The average Bonchev–Trinajstić information content (AvgIpc) is 2.65. The molecular weight excluding hydrogens is 332 g/mol. The molecular formula is C20H30N2O4. The zero-order chi connectivity index (χ0) is 18.8. The van der Waals surface area contributed by atoms with Crippen molar-refractivity contribution in [3.05, 3.63) is 34.4 Å². The lowest BCUT2D eigenvalue weighted by Gasteiger charge is -2.26. The number of benzene rings is 1. The molecule has 1 saturated carbocycles. The summed E-state index contributed by atoms with van der Waals surface area (Å²) < 4.78 is 5.84. The maximum absolute atomic E-state index is 12.8. The normalized spacial score (nSPS) is 16.0. The molecule has 1 aliphatic rings. The number of para-hydroxylation sites is 2. The van der Waals surface area contributed by atoms with E-state index in [0.29, 0.717) is 6.42 Å². The number of ether oxygens (including phenoxy) is 1. The second-order valence-electron chi connectivity index (χ2n) is 7.02. The Hall–Kier alpha value is -2.11. The third-order valence-electron chi connectivity index (χ3n) is 4.90. The highest BCUT2D eigenvalue weighted by Gasteiger charge is 2.26. The van der Waals surface area contributed by atoms with E-state index in [-0.39, 0.29) is 23.4 Å². The predicted octanol–water partition coefficient (Wildman–Crippen LogP) is 4.76. The Labute approximate surface area is 155 Å². The van der Waals surface area contributed by atoms with Crippen LogP contribution < -0.4 is 10.1 Å². The maximum Gasteiger partial charge on any atom is 0.310 e. The second-order valence-corrected chi connectivity index (χ2v) is 7.02. The fourth-order valence-electron chi connectivity index (χ4n) is 3.40. The van der Waals surface area contributed by atoms with E-state index in [2.05, 4.69) is 12.2 Å². The number of carbonyl (C=O) groups is 1. The molecule has 1 amide bonds. The summed E-state index contributed by atoms with van der Waals surface area (Å²) in [7, 11) is 0. The van der Waals surface area contributed by atoms with Gasteiger partial charge in [-0.05, 0) is 31.7 Å². The number of hydrogen-bond donors (Lipinski definition) is 1. The van der Waals surface area contributed by atoms with Gasteiger partial charge in [-0.25, -0.2) is 0 Å². The van der Waals surface area contributed by atoms with E-state index in [1.807, 2.05) is 0 Å². The average molecular weight is 362 g/mol. The number of nitrogens with zero attached hydrogens (tertiary/aromatic N) is 1. The zero-order valence-electron chi connectivity index (χ0n) is 15.6. The third kappa shape index (κ3) is 6.32. The van der Waals surface area contributed by atoms with Gasteiger partial charge in [-0.15, -0.1) is 0 Å². The molecule has 0 saturated heterocycles. The highest BCUT2D eigenvalue weighted by atomic mass is 16.6. The lowest BCUT2D eigenvalue weighted by Crippen LogP contribution is -2.44. The molecule has 1 aromatic rings. The van der Waals surface area contributed by atoms with Gasteiger partial charge in [0.15, 0.2) is 11.9 Å². The molecule has 0 radical (unpaired) electrons. The molecule has 0 aliphatic heterocycles. The second kappa shape index (κ2) is 10.8. The van der Waals surface area contributed by atoms with Crippen LogP contribution in [0.4, 0.5) is 5.69 Å². The molecule has 0 bridgehead atoms. The Morgan fingerprint density at radius 1 is 1.23 bits per heavy atom. The monoisotopic (exact) mass is 362 g/mol. The van der Waals surface area contributed by atoms with Crippen LogP contribution in [0.15, 0.2) is 24.3 Å². The molecule has 1 atom stereocenters. The van der Waals surface area contributed by atoms with Gasteiger partial charge in [0.25, 0.3) is 5.91 Å². The van der Waals surface area contributed by atoms with E-state index in [9.17, 15) is 14.9 Å². The summed E-state index contributed by atoms with van der Waals surface area (Å²) in [6, 6.07) is 6.45. The Morgan fingerprint density at radius 3 is 2.65 bits per heavy atom. The van der Waals surface area contributed by atoms with Crippen molar-refractivity contribution in [2.45, 2.75) is 83.3 Å². The summed E-state index contributed by atoms with van der Waals surface area (Å²) in [5, 5.41) is 14.3. The quantitative estimate of drug-likeness (QED) is 0.369. The maximum atomic E-state index is 12.8. The van der Waals surface area contributed by atoms with Crippen LogP contribution in [-0.2, 0) is 4.79 Å². The first kappa shape index (κ1) is 20.2. The van der Waals surface area contributed by atoms with Gasteiger partial charge in [0.2, 0.25) is 0 Å². The van der Waals surface area contributed by atoms with E-state index in [4.69, 9.17) is 4.74 Å². The molecule has 0 spiro atoms. The Morgan fingerprint density at radius 2 is 1.96 bits per heavy atom. The standard InChI is InChI=1S/C20H30N2O4/c1-2-3-4-8-15-19(20(23)21-16-11-6-5-7-12-16)26-18-14-10-9-13-17(18)22(24)25/h9-10,13-14,16,19H,2-8,11-12,15H2,1H3,(H,21,23). The molecule has 6 nitrogen and oxygen atoms in total. The van der Waals surface area contributed by atoms with Gasteiger partial charge in [-0.2, -0.15) is 0 Å². The van der Waals surface area contributed by atoms with Crippen molar-refractivity contribution >= 4 is 11.6 Å². The van der Waals surface area contributed by atoms with Crippen LogP contribution in [0.1, 0.15) is 71.1 Å². The van der Waals surface area contributed by atoms with Gasteiger partial charge in [0.05, 0.1) is 4.92 Å². The number of nitro groups is 1. The molecule has 1 N–H and O–H groups in total. The van der Waals surface area contributed by atoms with E-state index in [1.54, 1.807) is 18.2 Å². The highest BCUT2D eigenvalue weighted by molar-refractivity contribution is 5.81. The molecule has 0 aromatic heterocycles. The Bertz CT molecular complexity index is 585. The molecule has 0 heterocycles. The summed E-state index contributed by atoms with van der Waals surface area (Å²) >= 11 is 0. The smallest absolute Gasteiger partial charge is 0.310 e. The lowest BCUT2D eigenvalue weighted by molar-refractivity contribution is -0.386. The van der Waals surface area contributed by atoms with E-state index < -0.39 is 11.0 Å². The van der Waals surface area contributed by atoms with Crippen LogP contribution in [-0.4, -0.2) is 23.0 Å². The summed E-state index contributed by atoms with van der Waals surface area (Å²) in [4.78, 5) is 23.5. The third-order valence-corrected chi connectivity index (χ3v) is 4.90. The zero-order valence-corrected chi connectivity index (χ0v) is 15.6. The number of unbranched alkanes of at least 4 members (excludes halogenated alkanes) is 3. The lowest BCUT2D eigenvalue weighted by atomic mass is 9.95. The predicted molar refractivity (Wildman–Crippen MR) is 101 cm³/mol. The van der Waals surface area contributed by atoms with Crippen LogP contribution >= 0.6 is 0 Å². The van der Waals surface area contributed by atoms with Crippen molar-refractivity contribution in [2.24, 2.45) is 0 Å². The minimum absolute atomic E-state index is 0.100. The Balaban J connectivity index is 2.04. The summed E-state index contributed by atoms with van der Waals surface area (Å²) in [5.74, 6) is 0.0170. The number of hydrogen-bond acceptors (Lipinski definition) is 4. The first-order chi connectivity index (χ1) is 12.6. The SMILES string of the molecule is CCCCCCC(Oc1ccccc1[N+](=O)[O-])C(=O)NC1CCCCC1. The minimum Gasteiger partial charge on any atom is -0.473 e. The van der Waals surface area contributed by atoms with Gasteiger partial charge in [0.1, 0.15) is 0 Å². The fraction of sp³-hybridized carbons (Fsp3) is 0.650. The molecule has 144 valence electrons. The van der Waals surface area contributed by atoms with Crippen molar-refractivity contribution in [1.82, 2.24) is 5.32 Å². The van der Waals surface area contributed by atoms with Crippen molar-refractivity contribution in [2.75, 3.05) is 0 Å². The number of carbonyl (C=O) groups excluding carboxylic acids is 1. The minimum atomic E-state index is -0.685. The van der Waals surface area contributed by atoms with Crippen LogP contribution in [0.5, 0.6) is 5.75 Å². The summed E-state index contributed by atoms with van der Waals surface area (Å²) in [5.41, 5.74) is -0.100. The molecule has 1 fully saturated rings. The van der Waals surface area contributed by atoms with Gasteiger partial charge < -0.3 is 10.1 Å².